The Balaban J connectivity index is 2.62. The molecular weight excluding hydrogens is 292 g/mol. The number of imidazole rings is 1. The average Bonchev–Trinajstić information content (AvgIpc) is 2.79. The Bertz CT molecular complexity index is 886. The summed E-state index contributed by atoms with van der Waals surface area (Å²) in [4.78, 5) is 12.6. The van der Waals surface area contributed by atoms with E-state index in [1.54, 1.807) is 33.4 Å². The molecule has 118 valence electrons. The number of aromatic nitrogens is 2. The number of nitrogens with one attached hydrogen (secondary N) is 1. The molecule has 0 saturated carbocycles. The predicted molar refractivity (Wildman–Crippen MR) is 89.3 cm³/mol. The van der Waals surface area contributed by atoms with Crippen LogP contribution in [0.5, 0.6) is 0 Å². The Morgan fingerprint density at radius 1 is 1.09 bits per heavy atom. The molecule has 0 radical (unpaired) electrons. The number of benzene rings is 1. The second-order valence-corrected chi connectivity index (χ2v) is 5.71. The van der Waals surface area contributed by atoms with E-state index in [0.717, 1.165) is 11.0 Å². The number of rotatable bonds is 4. The van der Waals surface area contributed by atoms with E-state index in [1.165, 1.54) is 0 Å². The van der Waals surface area contributed by atoms with E-state index in [2.05, 4.69) is 10.5 Å². The summed E-state index contributed by atoms with van der Waals surface area (Å²) in [6, 6.07) is 8.83. The molecule has 0 unspecified atom stereocenters. The van der Waals surface area contributed by atoms with Gasteiger partial charge in [-0.3, -0.25) is 14.6 Å². The van der Waals surface area contributed by atoms with E-state index in [1.807, 2.05) is 33.8 Å². The molecule has 2 rings (SSSR count). The van der Waals surface area contributed by atoms with Crippen molar-refractivity contribution < 1.29 is 0 Å². The number of fused-ring (bicyclic) bond motifs is 1. The smallest absolute Gasteiger partial charge is 0.289 e. The van der Waals surface area contributed by atoms with E-state index >= 15 is 0 Å². The summed E-state index contributed by atoms with van der Waals surface area (Å²) in [7, 11) is 0. The molecule has 23 heavy (non-hydrogen) atoms. The average molecular weight is 310 g/mol. The Hall–Kier alpha value is -3.06. The monoisotopic (exact) mass is 310 g/mol. The molecule has 0 atom stereocenters. The topological polar surface area (TPSA) is 98.9 Å². The van der Waals surface area contributed by atoms with E-state index in [0.29, 0.717) is 5.69 Å². The summed E-state index contributed by atoms with van der Waals surface area (Å²) >= 11 is 0. The molecule has 7 heteroatoms. The normalized spacial score (nSPS) is 10.6. The molecule has 2 aromatic rings. The molecule has 1 aromatic carbocycles. The fraction of sp³-hybridized carbons (Fsp3) is 0.375. The third-order valence-electron chi connectivity index (χ3n) is 3.45. The van der Waals surface area contributed by atoms with Gasteiger partial charge >= 0.3 is 5.69 Å². The quantitative estimate of drug-likeness (QED) is 0.693. The highest BCUT2D eigenvalue weighted by Gasteiger charge is 2.17. The Morgan fingerprint density at radius 2 is 1.65 bits per heavy atom. The molecule has 0 saturated heterocycles. The van der Waals surface area contributed by atoms with Gasteiger partial charge in [-0.1, -0.05) is 0 Å². The molecule has 0 aliphatic heterocycles. The molecule has 7 nitrogen and oxygen atoms in total. The lowest BCUT2D eigenvalue weighted by atomic mass is 10.2. The van der Waals surface area contributed by atoms with Crippen LogP contribution in [0.2, 0.25) is 0 Å². The fourth-order valence-electron chi connectivity index (χ4n) is 2.51. The highest BCUT2D eigenvalue weighted by atomic mass is 16.1. The zero-order valence-electron chi connectivity index (χ0n) is 13.5. The fourth-order valence-corrected chi connectivity index (χ4v) is 2.51. The number of hydrazone groups is 1. The number of anilines is 1. The van der Waals surface area contributed by atoms with Gasteiger partial charge in [-0.15, -0.1) is 0 Å². The lowest BCUT2D eigenvalue weighted by molar-refractivity contribution is 0.533. The third-order valence-corrected chi connectivity index (χ3v) is 3.45. The lowest BCUT2D eigenvalue weighted by Gasteiger charge is -2.07. The summed E-state index contributed by atoms with van der Waals surface area (Å²) in [5.74, 6) is 0. The zero-order chi connectivity index (χ0) is 17.1. The van der Waals surface area contributed by atoms with Crippen molar-refractivity contribution >= 4 is 22.4 Å². The molecule has 1 aromatic heterocycles. The van der Waals surface area contributed by atoms with Crippen molar-refractivity contribution in [2.45, 2.75) is 39.8 Å². The minimum atomic E-state index is -0.258. The molecule has 1 N–H and O–H groups in total. The van der Waals surface area contributed by atoms with Gasteiger partial charge in [-0.2, -0.15) is 15.6 Å². The van der Waals surface area contributed by atoms with Gasteiger partial charge in [-0.05, 0) is 45.9 Å². The van der Waals surface area contributed by atoms with Crippen LogP contribution in [0.25, 0.3) is 11.0 Å². The third kappa shape index (κ3) is 2.95. The lowest BCUT2D eigenvalue weighted by Crippen LogP contribution is -2.26. The number of hydrogen-bond donors (Lipinski definition) is 1. The van der Waals surface area contributed by atoms with Gasteiger partial charge in [0.15, 0.2) is 0 Å². The van der Waals surface area contributed by atoms with Gasteiger partial charge in [0.2, 0.25) is 5.71 Å². The number of hydrogen-bond acceptors (Lipinski definition) is 5. The molecule has 0 fully saturated rings. The largest absolute Gasteiger partial charge is 0.329 e. The molecule has 1 heterocycles. The first-order valence-electron chi connectivity index (χ1n) is 7.31. The first-order valence-corrected chi connectivity index (χ1v) is 7.31. The van der Waals surface area contributed by atoms with Gasteiger partial charge in [0.25, 0.3) is 0 Å². The molecule has 0 bridgehead atoms. The van der Waals surface area contributed by atoms with E-state index in [-0.39, 0.29) is 23.5 Å². The van der Waals surface area contributed by atoms with Crippen LogP contribution in [-0.4, -0.2) is 14.8 Å². The molecule has 0 aliphatic rings. The maximum absolute atomic E-state index is 12.6. The van der Waals surface area contributed by atoms with Crippen molar-refractivity contribution in [2.24, 2.45) is 5.10 Å². The summed E-state index contributed by atoms with van der Waals surface area (Å²) in [5, 5.41) is 21.1. The summed E-state index contributed by atoms with van der Waals surface area (Å²) < 4.78 is 3.47. The Labute approximate surface area is 134 Å². The first-order chi connectivity index (χ1) is 10.9. The van der Waals surface area contributed by atoms with E-state index in [9.17, 15) is 4.79 Å². The molecule has 0 spiro atoms. The number of nitriles is 2. The SMILES string of the molecule is CC(C)n1c(=O)n(C(C)C)c2cc(NN=C(C#N)C#N)ccc21. The van der Waals surface area contributed by atoms with Crippen LogP contribution >= 0.6 is 0 Å². The highest BCUT2D eigenvalue weighted by Crippen LogP contribution is 2.23. The van der Waals surface area contributed by atoms with Gasteiger partial charge in [0, 0.05) is 12.1 Å². The molecular formula is C16H18N6O. The minimum absolute atomic E-state index is 0.0116. The summed E-state index contributed by atoms with van der Waals surface area (Å²) in [6.45, 7) is 7.84. The van der Waals surface area contributed by atoms with Crippen molar-refractivity contribution in [2.75, 3.05) is 5.43 Å². The molecule has 0 amide bonds. The van der Waals surface area contributed by atoms with Crippen LogP contribution in [0.15, 0.2) is 28.1 Å². The summed E-state index contributed by atoms with van der Waals surface area (Å²) in [6.07, 6.45) is 0. The van der Waals surface area contributed by atoms with Crippen molar-refractivity contribution in [1.82, 2.24) is 9.13 Å². The van der Waals surface area contributed by atoms with Gasteiger partial charge in [0.1, 0.15) is 12.1 Å². The van der Waals surface area contributed by atoms with Crippen molar-refractivity contribution in [3.05, 3.63) is 28.7 Å². The van der Waals surface area contributed by atoms with Crippen LogP contribution in [0.1, 0.15) is 39.8 Å². The number of nitrogens with zero attached hydrogens (tertiary/aromatic N) is 5. The van der Waals surface area contributed by atoms with Crippen LogP contribution in [-0.2, 0) is 0 Å². The van der Waals surface area contributed by atoms with Crippen molar-refractivity contribution in [3.63, 3.8) is 0 Å². The summed E-state index contributed by atoms with van der Waals surface area (Å²) in [5.41, 5.74) is 4.60. The van der Waals surface area contributed by atoms with Crippen molar-refractivity contribution in [1.29, 1.82) is 10.5 Å². The second-order valence-electron chi connectivity index (χ2n) is 5.71. The maximum Gasteiger partial charge on any atom is 0.329 e. The molecule has 0 aliphatic carbocycles. The minimum Gasteiger partial charge on any atom is -0.289 e. The second kappa shape index (κ2) is 6.37. The van der Waals surface area contributed by atoms with Crippen LogP contribution in [0.4, 0.5) is 5.69 Å². The highest BCUT2D eigenvalue weighted by molar-refractivity contribution is 6.10. The standard InChI is InChI=1S/C16H18N6O/c1-10(2)21-14-6-5-12(19-20-13(8-17)9-18)7-15(14)22(11(3)4)16(21)23/h5-7,10-11,19H,1-4H3. The van der Waals surface area contributed by atoms with Gasteiger partial charge in [-0.25, -0.2) is 4.79 Å². The Kier molecular flexibility index (Phi) is 4.52. The van der Waals surface area contributed by atoms with E-state index < -0.39 is 0 Å². The van der Waals surface area contributed by atoms with Crippen molar-refractivity contribution in [3.8, 4) is 12.1 Å². The van der Waals surface area contributed by atoms with Gasteiger partial charge in [0.05, 0.1) is 16.7 Å². The van der Waals surface area contributed by atoms with Crippen LogP contribution in [0.3, 0.4) is 0 Å². The van der Waals surface area contributed by atoms with E-state index in [4.69, 9.17) is 10.5 Å². The first kappa shape index (κ1) is 16.3. The van der Waals surface area contributed by atoms with Crippen LogP contribution in [0, 0.1) is 22.7 Å². The van der Waals surface area contributed by atoms with Crippen LogP contribution < -0.4 is 11.1 Å². The van der Waals surface area contributed by atoms with Gasteiger partial charge < -0.3 is 0 Å². The maximum atomic E-state index is 12.6. The zero-order valence-corrected chi connectivity index (χ0v) is 13.5. The Morgan fingerprint density at radius 3 is 2.17 bits per heavy atom. The predicted octanol–water partition coefficient (Wildman–Crippen LogP) is 2.78.